The highest BCUT2D eigenvalue weighted by Gasteiger charge is 2.36. The number of thiophene rings is 1. The van der Waals surface area contributed by atoms with Crippen LogP contribution in [-0.4, -0.2) is 34.6 Å². The highest BCUT2D eigenvalue weighted by molar-refractivity contribution is 7.20. The van der Waals surface area contributed by atoms with Crippen LogP contribution in [0.5, 0.6) is 0 Å². The summed E-state index contributed by atoms with van der Waals surface area (Å²) in [4.78, 5) is 25.6. The van der Waals surface area contributed by atoms with Crippen molar-refractivity contribution >= 4 is 33.3 Å². The first-order chi connectivity index (χ1) is 11.6. The predicted octanol–water partition coefficient (Wildman–Crippen LogP) is 3.78. The molecule has 2 bridgehead atoms. The molecule has 1 saturated heterocycles. The number of nitrogens with zero attached hydrogens (tertiary/aromatic N) is 3. The molecule has 2 aromatic heterocycles. The van der Waals surface area contributed by atoms with E-state index < -0.39 is 0 Å². The fourth-order valence-corrected chi connectivity index (χ4v) is 4.97. The van der Waals surface area contributed by atoms with Crippen LogP contribution in [0.15, 0.2) is 12.2 Å². The molecule has 2 aliphatic rings. The summed E-state index contributed by atoms with van der Waals surface area (Å²) in [6.07, 6.45) is 8.00. The number of aryl methyl sites for hydroxylation is 2. The zero-order valence-electron chi connectivity index (χ0n) is 14.2. The van der Waals surface area contributed by atoms with E-state index in [1.807, 2.05) is 20.8 Å². The van der Waals surface area contributed by atoms with Gasteiger partial charge in [-0.05, 0) is 45.6 Å². The molecule has 6 heteroatoms. The molecular weight excluding hydrogens is 322 g/mol. The predicted molar refractivity (Wildman–Crippen MR) is 95.9 cm³/mol. The number of esters is 1. The summed E-state index contributed by atoms with van der Waals surface area (Å²) in [6.45, 7) is 6.11. The average molecular weight is 343 g/mol. The Morgan fingerprint density at radius 2 is 2.21 bits per heavy atom. The number of carbonyl (C=O) groups excluding carboxylic acids is 1. The lowest BCUT2D eigenvalue weighted by Gasteiger charge is -2.33. The van der Waals surface area contributed by atoms with E-state index in [1.54, 1.807) is 0 Å². The average Bonchev–Trinajstić information content (AvgIpc) is 3.00. The highest BCUT2D eigenvalue weighted by atomic mass is 32.1. The van der Waals surface area contributed by atoms with E-state index in [-0.39, 0.29) is 5.97 Å². The molecule has 2 atom stereocenters. The van der Waals surface area contributed by atoms with Crippen molar-refractivity contribution in [3.05, 3.63) is 28.4 Å². The fourth-order valence-electron chi connectivity index (χ4n) is 3.85. The molecule has 1 fully saturated rings. The second-order valence-electron chi connectivity index (χ2n) is 6.42. The van der Waals surface area contributed by atoms with E-state index in [0.29, 0.717) is 23.6 Å². The van der Waals surface area contributed by atoms with Crippen molar-refractivity contribution in [1.29, 1.82) is 0 Å². The Balaban J connectivity index is 1.89. The first-order valence-electron chi connectivity index (χ1n) is 8.50. The normalized spacial score (nSPS) is 22.4. The molecule has 0 radical (unpaired) electrons. The van der Waals surface area contributed by atoms with Gasteiger partial charge in [0.1, 0.15) is 21.3 Å². The number of hydrogen-bond donors (Lipinski definition) is 0. The number of hydrogen-bond acceptors (Lipinski definition) is 6. The van der Waals surface area contributed by atoms with E-state index in [2.05, 4.69) is 22.0 Å². The molecule has 5 nitrogen and oxygen atoms in total. The number of anilines is 1. The van der Waals surface area contributed by atoms with Gasteiger partial charge in [-0.25, -0.2) is 14.8 Å². The standard InChI is InChI=1S/C18H21N3O2S/c1-4-23-18(22)15-10(2)14-16(19-11(3)20-17(14)24-15)21-12-6-5-7-13(21)9-8-12/h5-6,12-13H,4,7-9H2,1-3H3. The van der Waals surface area contributed by atoms with E-state index in [4.69, 9.17) is 9.72 Å². The maximum Gasteiger partial charge on any atom is 0.348 e. The first-order valence-corrected chi connectivity index (χ1v) is 9.31. The molecule has 24 heavy (non-hydrogen) atoms. The van der Waals surface area contributed by atoms with Gasteiger partial charge in [0.15, 0.2) is 0 Å². The summed E-state index contributed by atoms with van der Waals surface area (Å²) < 4.78 is 5.21. The second kappa shape index (κ2) is 5.84. The summed E-state index contributed by atoms with van der Waals surface area (Å²) in [6, 6.07) is 0.912. The minimum Gasteiger partial charge on any atom is -0.462 e. The van der Waals surface area contributed by atoms with E-state index in [9.17, 15) is 4.79 Å². The lowest BCUT2D eigenvalue weighted by atomic mass is 10.1. The van der Waals surface area contributed by atoms with Gasteiger partial charge >= 0.3 is 5.97 Å². The summed E-state index contributed by atoms with van der Waals surface area (Å²) >= 11 is 1.42. The molecule has 126 valence electrons. The topological polar surface area (TPSA) is 55.3 Å². The number of ether oxygens (including phenoxy) is 1. The minimum atomic E-state index is -0.261. The van der Waals surface area contributed by atoms with E-state index in [1.165, 1.54) is 24.2 Å². The van der Waals surface area contributed by atoms with Gasteiger partial charge in [-0.1, -0.05) is 12.2 Å². The quantitative estimate of drug-likeness (QED) is 0.627. The number of aromatic nitrogens is 2. The van der Waals surface area contributed by atoms with Crippen LogP contribution in [0.4, 0.5) is 5.82 Å². The van der Waals surface area contributed by atoms with Gasteiger partial charge < -0.3 is 9.64 Å². The maximum atomic E-state index is 12.3. The van der Waals surface area contributed by atoms with Crippen LogP contribution in [-0.2, 0) is 4.74 Å². The summed E-state index contributed by atoms with van der Waals surface area (Å²) in [7, 11) is 0. The van der Waals surface area contributed by atoms with Gasteiger partial charge in [0.05, 0.1) is 12.0 Å². The Kier molecular flexibility index (Phi) is 3.79. The summed E-state index contributed by atoms with van der Waals surface area (Å²) in [5.74, 6) is 1.48. The number of carbonyl (C=O) groups is 1. The van der Waals surface area contributed by atoms with Gasteiger partial charge in [-0.3, -0.25) is 0 Å². The van der Waals surface area contributed by atoms with Gasteiger partial charge in [-0.2, -0.15) is 0 Å². The monoisotopic (exact) mass is 343 g/mol. The van der Waals surface area contributed by atoms with Gasteiger partial charge in [0.25, 0.3) is 0 Å². The lowest BCUT2D eigenvalue weighted by molar-refractivity contribution is 0.0531. The first kappa shape index (κ1) is 15.6. The van der Waals surface area contributed by atoms with Crippen molar-refractivity contribution in [3.63, 3.8) is 0 Å². The minimum absolute atomic E-state index is 0.261. The number of fused-ring (bicyclic) bond motifs is 3. The van der Waals surface area contributed by atoms with Crippen molar-refractivity contribution in [1.82, 2.24) is 9.97 Å². The molecule has 4 heterocycles. The fraction of sp³-hybridized carbons (Fsp3) is 0.500. The van der Waals surface area contributed by atoms with Crippen LogP contribution in [0.25, 0.3) is 10.2 Å². The molecular formula is C18H21N3O2S. The molecule has 0 amide bonds. The van der Waals surface area contributed by atoms with Crippen LogP contribution in [0.1, 0.15) is 47.2 Å². The largest absolute Gasteiger partial charge is 0.462 e. The smallest absolute Gasteiger partial charge is 0.348 e. The SMILES string of the molecule is CCOC(=O)c1sc2nc(C)nc(N3C4C=CCC3CC4)c2c1C. The number of rotatable bonds is 3. The second-order valence-corrected chi connectivity index (χ2v) is 7.42. The van der Waals surface area contributed by atoms with Crippen molar-refractivity contribution < 1.29 is 9.53 Å². The van der Waals surface area contributed by atoms with Crippen molar-refractivity contribution in [3.8, 4) is 0 Å². The highest BCUT2D eigenvalue weighted by Crippen LogP contribution is 2.42. The van der Waals surface area contributed by atoms with E-state index >= 15 is 0 Å². The Morgan fingerprint density at radius 3 is 2.96 bits per heavy atom. The Bertz CT molecular complexity index is 842. The molecule has 4 rings (SSSR count). The van der Waals surface area contributed by atoms with Crippen LogP contribution in [0.3, 0.4) is 0 Å². The van der Waals surface area contributed by atoms with Crippen molar-refractivity contribution in [2.75, 3.05) is 11.5 Å². The molecule has 0 saturated carbocycles. The Hall–Kier alpha value is -1.95. The Morgan fingerprint density at radius 1 is 1.38 bits per heavy atom. The van der Waals surface area contributed by atoms with Gasteiger partial charge in [-0.15, -0.1) is 11.3 Å². The molecule has 0 N–H and O–H groups in total. The molecule has 0 spiro atoms. The molecule has 2 unspecified atom stereocenters. The van der Waals surface area contributed by atoms with Crippen molar-refractivity contribution in [2.24, 2.45) is 0 Å². The molecule has 0 aromatic carbocycles. The molecule has 0 aliphatic carbocycles. The van der Waals surface area contributed by atoms with Crippen LogP contribution in [0, 0.1) is 13.8 Å². The Labute approximate surface area is 145 Å². The van der Waals surface area contributed by atoms with Crippen LogP contribution >= 0.6 is 11.3 Å². The van der Waals surface area contributed by atoms with Crippen LogP contribution in [0.2, 0.25) is 0 Å². The van der Waals surface area contributed by atoms with Gasteiger partial charge in [0, 0.05) is 12.1 Å². The van der Waals surface area contributed by atoms with Crippen LogP contribution < -0.4 is 4.90 Å². The summed E-state index contributed by atoms with van der Waals surface area (Å²) in [5, 5.41) is 1.01. The van der Waals surface area contributed by atoms with E-state index in [0.717, 1.165) is 33.8 Å². The zero-order chi connectivity index (χ0) is 16.8. The zero-order valence-corrected chi connectivity index (χ0v) is 15.0. The van der Waals surface area contributed by atoms with Gasteiger partial charge in [0.2, 0.25) is 0 Å². The third-order valence-corrected chi connectivity index (χ3v) is 6.07. The van der Waals surface area contributed by atoms with Crippen molar-refractivity contribution in [2.45, 2.75) is 52.1 Å². The molecule has 2 aliphatic heterocycles. The maximum absolute atomic E-state index is 12.3. The third kappa shape index (κ3) is 2.32. The third-order valence-electron chi connectivity index (χ3n) is 4.90. The summed E-state index contributed by atoms with van der Waals surface area (Å²) in [5.41, 5.74) is 0.942. The molecule has 2 aromatic rings. The lowest BCUT2D eigenvalue weighted by Crippen LogP contribution is -2.38.